The molecule has 0 fully saturated rings. The third-order valence-electron chi connectivity index (χ3n) is 3.66. The van der Waals surface area contributed by atoms with Gasteiger partial charge in [0.1, 0.15) is 5.75 Å². The summed E-state index contributed by atoms with van der Waals surface area (Å²) in [5, 5.41) is 20.8. The number of aromatic carboxylic acids is 1. The summed E-state index contributed by atoms with van der Waals surface area (Å²) in [6.07, 6.45) is 0.601. The normalized spacial score (nSPS) is 10.5. The van der Waals surface area contributed by atoms with E-state index >= 15 is 0 Å². The fourth-order valence-corrected chi connectivity index (χ4v) is 2.32. The van der Waals surface area contributed by atoms with Crippen molar-refractivity contribution < 1.29 is 14.6 Å². The molecule has 0 aliphatic heterocycles. The molecule has 0 bridgehead atoms. The number of rotatable bonds is 6. The first kappa shape index (κ1) is 15.7. The van der Waals surface area contributed by atoms with Crippen molar-refractivity contribution in [3.8, 4) is 5.75 Å². The van der Waals surface area contributed by atoms with Crippen LogP contribution in [0, 0.1) is 0 Å². The van der Waals surface area contributed by atoms with E-state index in [2.05, 4.69) is 15.5 Å². The van der Waals surface area contributed by atoms with Crippen LogP contribution in [0.5, 0.6) is 5.75 Å². The average Bonchev–Trinajstić information content (AvgIpc) is 3.03. The zero-order valence-corrected chi connectivity index (χ0v) is 13.1. The lowest BCUT2D eigenvalue weighted by molar-refractivity contribution is 0.0697. The van der Waals surface area contributed by atoms with Crippen LogP contribution in [0.4, 0.5) is 0 Å². The Bertz CT molecular complexity index is 826. The highest BCUT2D eigenvalue weighted by atomic mass is 16.5. The van der Waals surface area contributed by atoms with E-state index in [0.29, 0.717) is 13.0 Å². The molecule has 7 heteroatoms. The van der Waals surface area contributed by atoms with E-state index in [9.17, 15) is 4.79 Å². The summed E-state index contributed by atoms with van der Waals surface area (Å²) in [6, 6.07) is 14.4. The van der Waals surface area contributed by atoms with Crippen LogP contribution in [0.3, 0.4) is 0 Å². The molecule has 122 valence electrons. The van der Waals surface area contributed by atoms with Crippen LogP contribution in [-0.2, 0) is 13.0 Å². The van der Waals surface area contributed by atoms with Crippen molar-refractivity contribution in [2.45, 2.75) is 13.0 Å². The summed E-state index contributed by atoms with van der Waals surface area (Å²) in [6.45, 7) is 0.485. The summed E-state index contributed by atoms with van der Waals surface area (Å²) >= 11 is 0. The Morgan fingerprint density at radius 2 is 1.75 bits per heavy atom. The van der Waals surface area contributed by atoms with Gasteiger partial charge in [0.25, 0.3) is 0 Å². The molecule has 0 radical (unpaired) electrons. The van der Waals surface area contributed by atoms with E-state index in [1.807, 2.05) is 24.3 Å². The van der Waals surface area contributed by atoms with Crippen molar-refractivity contribution in [2.75, 3.05) is 7.11 Å². The van der Waals surface area contributed by atoms with Gasteiger partial charge in [-0.15, -0.1) is 5.10 Å². The van der Waals surface area contributed by atoms with Gasteiger partial charge in [-0.05, 0) is 45.8 Å². The van der Waals surface area contributed by atoms with Gasteiger partial charge in [0, 0.05) is 6.42 Å². The number of aromatic nitrogens is 4. The number of tetrazole rings is 1. The summed E-state index contributed by atoms with van der Waals surface area (Å²) in [4.78, 5) is 10.9. The minimum absolute atomic E-state index is 0.258. The second-order valence-electron chi connectivity index (χ2n) is 5.28. The van der Waals surface area contributed by atoms with Crippen LogP contribution in [0.1, 0.15) is 27.3 Å². The quantitative estimate of drug-likeness (QED) is 0.746. The van der Waals surface area contributed by atoms with Crippen LogP contribution < -0.4 is 4.74 Å². The number of nitrogens with zero attached hydrogens (tertiary/aromatic N) is 4. The molecule has 0 spiro atoms. The second kappa shape index (κ2) is 6.91. The molecule has 0 saturated carbocycles. The first-order valence-electron chi connectivity index (χ1n) is 7.36. The van der Waals surface area contributed by atoms with Gasteiger partial charge in [0.2, 0.25) is 0 Å². The van der Waals surface area contributed by atoms with Gasteiger partial charge in [-0.25, -0.2) is 9.48 Å². The van der Waals surface area contributed by atoms with Crippen molar-refractivity contribution in [3.05, 3.63) is 71.0 Å². The number of benzene rings is 2. The van der Waals surface area contributed by atoms with E-state index in [1.54, 1.807) is 36.1 Å². The Morgan fingerprint density at radius 3 is 2.38 bits per heavy atom. The fourth-order valence-electron chi connectivity index (χ4n) is 2.32. The number of hydrogen-bond donors (Lipinski definition) is 1. The number of carboxylic acids is 1. The lowest BCUT2D eigenvalue weighted by Crippen LogP contribution is -2.08. The molecule has 2 aromatic carbocycles. The van der Waals surface area contributed by atoms with E-state index in [0.717, 1.165) is 22.7 Å². The van der Waals surface area contributed by atoms with Gasteiger partial charge in [0.05, 0.1) is 19.2 Å². The van der Waals surface area contributed by atoms with Crippen molar-refractivity contribution >= 4 is 5.97 Å². The maximum Gasteiger partial charge on any atom is 0.335 e. The van der Waals surface area contributed by atoms with Gasteiger partial charge in [0.15, 0.2) is 5.82 Å². The molecule has 1 aromatic heterocycles. The standard InChI is InChI=1S/C17H16N4O3/c1-24-15-8-4-12(5-9-15)10-16-18-19-20-21(16)11-13-2-6-14(7-3-13)17(22)23/h2-9H,10-11H2,1H3,(H,22,23). The lowest BCUT2D eigenvalue weighted by atomic mass is 10.1. The van der Waals surface area contributed by atoms with Gasteiger partial charge >= 0.3 is 5.97 Å². The summed E-state index contributed by atoms with van der Waals surface area (Å²) < 4.78 is 6.85. The lowest BCUT2D eigenvalue weighted by Gasteiger charge is -2.06. The van der Waals surface area contributed by atoms with E-state index in [4.69, 9.17) is 9.84 Å². The summed E-state index contributed by atoms with van der Waals surface area (Å²) in [5.74, 6) is 0.600. The highest BCUT2D eigenvalue weighted by Gasteiger charge is 2.09. The van der Waals surface area contributed by atoms with Crippen molar-refractivity contribution in [1.82, 2.24) is 20.2 Å². The Kier molecular flexibility index (Phi) is 4.51. The molecule has 7 nitrogen and oxygen atoms in total. The molecule has 0 aliphatic rings. The number of hydrogen-bond acceptors (Lipinski definition) is 5. The van der Waals surface area contributed by atoms with E-state index < -0.39 is 5.97 Å². The van der Waals surface area contributed by atoms with Crippen molar-refractivity contribution in [1.29, 1.82) is 0 Å². The second-order valence-corrected chi connectivity index (χ2v) is 5.28. The molecule has 0 unspecified atom stereocenters. The Morgan fingerprint density at radius 1 is 1.08 bits per heavy atom. The molecular formula is C17H16N4O3. The molecule has 0 atom stereocenters. The molecular weight excluding hydrogens is 308 g/mol. The largest absolute Gasteiger partial charge is 0.497 e. The Balaban J connectivity index is 1.73. The van der Waals surface area contributed by atoms with Gasteiger partial charge < -0.3 is 9.84 Å². The van der Waals surface area contributed by atoms with Gasteiger partial charge in [-0.2, -0.15) is 0 Å². The highest BCUT2D eigenvalue weighted by molar-refractivity contribution is 5.87. The van der Waals surface area contributed by atoms with Gasteiger partial charge in [-0.3, -0.25) is 0 Å². The number of ether oxygens (including phenoxy) is 1. The Labute approximate surface area is 138 Å². The highest BCUT2D eigenvalue weighted by Crippen LogP contribution is 2.14. The zero-order chi connectivity index (χ0) is 16.9. The van der Waals surface area contributed by atoms with Crippen LogP contribution in [0.25, 0.3) is 0 Å². The number of carbonyl (C=O) groups is 1. The van der Waals surface area contributed by atoms with Gasteiger partial charge in [-0.1, -0.05) is 24.3 Å². The predicted octanol–water partition coefficient (Wildman–Crippen LogP) is 2.02. The first-order chi connectivity index (χ1) is 11.7. The van der Waals surface area contributed by atoms with Crippen molar-refractivity contribution in [3.63, 3.8) is 0 Å². The SMILES string of the molecule is COc1ccc(Cc2nnnn2Cc2ccc(C(=O)O)cc2)cc1. The molecule has 3 rings (SSSR count). The number of methoxy groups -OCH3 is 1. The fraction of sp³-hybridized carbons (Fsp3) is 0.176. The molecule has 0 amide bonds. The monoisotopic (exact) mass is 324 g/mol. The maximum absolute atomic E-state index is 10.9. The summed E-state index contributed by atoms with van der Waals surface area (Å²) in [5.41, 5.74) is 2.27. The minimum atomic E-state index is -0.941. The smallest absolute Gasteiger partial charge is 0.335 e. The van der Waals surface area contributed by atoms with Crippen LogP contribution in [0.2, 0.25) is 0 Å². The third kappa shape index (κ3) is 3.57. The topological polar surface area (TPSA) is 90.1 Å². The predicted molar refractivity (Wildman–Crippen MR) is 86.1 cm³/mol. The average molecular weight is 324 g/mol. The first-order valence-corrected chi connectivity index (χ1v) is 7.36. The molecule has 1 N–H and O–H groups in total. The molecule has 0 saturated heterocycles. The minimum Gasteiger partial charge on any atom is -0.497 e. The number of carboxylic acid groups (broad SMARTS) is 1. The Hall–Kier alpha value is -3.22. The molecule has 1 heterocycles. The molecule has 3 aromatic rings. The molecule has 0 aliphatic carbocycles. The maximum atomic E-state index is 10.9. The van der Waals surface area contributed by atoms with E-state index in [-0.39, 0.29) is 5.56 Å². The molecule has 24 heavy (non-hydrogen) atoms. The zero-order valence-electron chi connectivity index (χ0n) is 13.1. The third-order valence-corrected chi connectivity index (χ3v) is 3.66. The van der Waals surface area contributed by atoms with Crippen molar-refractivity contribution in [2.24, 2.45) is 0 Å². The summed E-state index contributed by atoms with van der Waals surface area (Å²) in [7, 11) is 1.63. The van der Waals surface area contributed by atoms with Crippen LogP contribution >= 0.6 is 0 Å². The van der Waals surface area contributed by atoms with E-state index in [1.165, 1.54) is 0 Å². The van der Waals surface area contributed by atoms with Crippen LogP contribution in [-0.4, -0.2) is 38.4 Å². The van der Waals surface area contributed by atoms with Crippen LogP contribution in [0.15, 0.2) is 48.5 Å².